The average molecular weight is 385 g/mol. The minimum absolute atomic E-state index is 0.444. The van der Waals surface area contributed by atoms with Crippen LogP contribution in [0.25, 0.3) is 0 Å². The third-order valence-electron chi connectivity index (χ3n) is 3.90. The molecule has 0 unspecified atom stereocenters. The molecule has 2 N–H and O–H groups in total. The Morgan fingerprint density at radius 2 is 1.57 bits per heavy atom. The summed E-state index contributed by atoms with van der Waals surface area (Å²) in [5.41, 5.74) is 5.28. The van der Waals surface area contributed by atoms with Gasteiger partial charge in [-0.2, -0.15) is 5.10 Å². The number of hydrazone groups is 1. The Hall–Kier alpha value is -3.55. The lowest BCUT2D eigenvalue weighted by atomic mass is 10.1. The number of amides is 2. The molecule has 2 amide bonds. The van der Waals surface area contributed by atoms with Crippen LogP contribution in [-0.2, 0) is 9.59 Å². The van der Waals surface area contributed by atoms with E-state index in [1.54, 1.807) is 18.2 Å². The zero-order valence-corrected chi connectivity index (χ0v) is 16.5. The molecule has 0 bridgehead atoms. The minimum atomic E-state index is -0.885. The molecule has 0 saturated heterocycles. The molecule has 0 saturated carbocycles. The van der Waals surface area contributed by atoms with E-state index in [1.807, 2.05) is 26.0 Å². The number of carbonyl (C=O) groups excluding carboxylic acids is 2. The maximum atomic E-state index is 12.0. The lowest BCUT2D eigenvalue weighted by Crippen LogP contribution is -2.32. The molecule has 148 valence electrons. The van der Waals surface area contributed by atoms with Gasteiger partial charge in [-0.05, 0) is 37.6 Å². The third kappa shape index (κ3) is 5.00. The van der Waals surface area contributed by atoms with Crippen LogP contribution < -0.4 is 25.0 Å². The SMILES string of the molecule is COc1cc(C=NNC(=O)C(=O)Nc2ccc(C)cc2C)cc(OC)c1OC. The summed E-state index contributed by atoms with van der Waals surface area (Å²) in [5, 5.41) is 6.37. The maximum absolute atomic E-state index is 12.0. The molecule has 0 spiro atoms. The number of aryl methyl sites for hydroxylation is 2. The second-order valence-electron chi connectivity index (χ2n) is 5.93. The van der Waals surface area contributed by atoms with Gasteiger partial charge in [0.2, 0.25) is 5.75 Å². The van der Waals surface area contributed by atoms with Crippen molar-refractivity contribution in [3.05, 3.63) is 47.0 Å². The highest BCUT2D eigenvalue weighted by Crippen LogP contribution is 2.37. The molecule has 8 nitrogen and oxygen atoms in total. The summed E-state index contributed by atoms with van der Waals surface area (Å²) in [6.07, 6.45) is 1.37. The number of ether oxygens (including phenoxy) is 3. The largest absolute Gasteiger partial charge is 0.493 e. The number of benzene rings is 2. The van der Waals surface area contributed by atoms with Gasteiger partial charge in [0.25, 0.3) is 0 Å². The summed E-state index contributed by atoms with van der Waals surface area (Å²) in [5.74, 6) is -0.360. The Morgan fingerprint density at radius 1 is 0.929 bits per heavy atom. The van der Waals surface area contributed by atoms with Crippen LogP contribution in [0.4, 0.5) is 5.69 Å². The highest BCUT2D eigenvalue weighted by atomic mass is 16.5. The van der Waals surface area contributed by atoms with Crippen molar-refractivity contribution < 1.29 is 23.8 Å². The lowest BCUT2D eigenvalue weighted by molar-refractivity contribution is -0.136. The average Bonchev–Trinajstić information content (AvgIpc) is 2.68. The fourth-order valence-electron chi connectivity index (χ4n) is 2.53. The summed E-state index contributed by atoms with van der Waals surface area (Å²) in [6.45, 7) is 3.80. The number of carbonyl (C=O) groups is 2. The second-order valence-corrected chi connectivity index (χ2v) is 5.93. The van der Waals surface area contributed by atoms with Gasteiger partial charge in [-0.3, -0.25) is 9.59 Å². The van der Waals surface area contributed by atoms with Crippen molar-refractivity contribution in [3.63, 3.8) is 0 Å². The Bertz CT molecular complexity index is 884. The van der Waals surface area contributed by atoms with Crippen molar-refractivity contribution in [3.8, 4) is 17.2 Å². The van der Waals surface area contributed by atoms with Crippen LogP contribution in [0.5, 0.6) is 17.2 Å². The number of rotatable bonds is 6. The Balaban J connectivity index is 2.05. The molecule has 2 aromatic rings. The monoisotopic (exact) mass is 385 g/mol. The highest BCUT2D eigenvalue weighted by Gasteiger charge is 2.15. The number of hydrogen-bond donors (Lipinski definition) is 2. The van der Waals surface area contributed by atoms with Gasteiger partial charge in [-0.25, -0.2) is 5.43 Å². The molecule has 0 atom stereocenters. The summed E-state index contributed by atoms with van der Waals surface area (Å²) in [7, 11) is 4.50. The Kier molecular flexibility index (Phi) is 6.97. The molecule has 0 aliphatic carbocycles. The number of nitrogens with zero attached hydrogens (tertiary/aromatic N) is 1. The number of hydrogen-bond acceptors (Lipinski definition) is 6. The van der Waals surface area contributed by atoms with Gasteiger partial charge < -0.3 is 19.5 Å². The molecule has 2 aromatic carbocycles. The molecule has 8 heteroatoms. The predicted molar refractivity (Wildman–Crippen MR) is 106 cm³/mol. The van der Waals surface area contributed by atoms with E-state index < -0.39 is 11.8 Å². The molecule has 0 radical (unpaired) electrons. The lowest BCUT2D eigenvalue weighted by Gasteiger charge is -2.12. The van der Waals surface area contributed by atoms with E-state index in [1.165, 1.54) is 27.5 Å². The molecule has 0 heterocycles. The normalized spacial score (nSPS) is 10.5. The van der Waals surface area contributed by atoms with Crippen molar-refractivity contribution in [2.45, 2.75) is 13.8 Å². The van der Waals surface area contributed by atoms with E-state index in [9.17, 15) is 9.59 Å². The topological polar surface area (TPSA) is 98.2 Å². The Labute approximate surface area is 163 Å². The van der Waals surface area contributed by atoms with Crippen LogP contribution in [0.3, 0.4) is 0 Å². The van der Waals surface area contributed by atoms with Gasteiger partial charge in [0.1, 0.15) is 0 Å². The first kappa shape index (κ1) is 20.8. The summed E-state index contributed by atoms with van der Waals surface area (Å²) < 4.78 is 15.7. The van der Waals surface area contributed by atoms with Crippen molar-refractivity contribution in [1.29, 1.82) is 0 Å². The second kappa shape index (κ2) is 9.40. The van der Waals surface area contributed by atoms with E-state index in [-0.39, 0.29) is 0 Å². The fourth-order valence-corrected chi connectivity index (χ4v) is 2.53. The van der Waals surface area contributed by atoms with Crippen LogP contribution in [0.2, 0.25) is 0 Å². The van der Waals surface area contributed by atoms with Gasteiger partial charge in [0, 0.05) is 11.3 Å². The van der Waals surface area contributed by atoms with Gasteiger partial charge in [-0.15, -0.1) is 0 Å². The van der Waals surface area contributed by atoms with E-state index in [2.05, 4.69) is 15.8 Å². The standard InChI is InChI=1S/C20H23N3O5/c1-12-6-7-15(13(2)8-12)22-19(24)20(25)23-21-11-14-9-16(26-3)18(28-5)17(10-14)27-4/h6-11H,1-5H3,(H,22,24)(H,23,25). The van der Waals surface area contributed by atoms with Crippen molar-refractivity contribution in [2.24, 2.45) is 5.10 Å². The van der Waals surface area contributed by atoms with Gasteiger partial charge in [-0.1, -0.05) is 17.7 Å². The number of anilines is 1. The van der Waals surface area contributed by atoms with Crippen LogP contribution in [0.15, 0.2) is 35.4 Å². The maximum Gasteiger partial charge on any atom is 0.329 e. The Morgan fingerprint density at radius 3 is 2.11 bits per heavy atom. The van der Waals surface area contributed by atoms with Crippen LogP contribution in [-0.4, -0.2) is 39.4 Å². The first-order valence-electron chi connectivity index (χ1n) is 8.41. The van der Waals surface area contributed by atoms with E-state index >= 15 is 0 Å². The fraction of sp³-hybridized carbons (Fsp3) is 0.250. The molecule has 2 rings (SSSR count). The quantitative estimate of drug-likeness (QED) is 0.452. The van der Waals surface area contributed by atoms with Gasteiger partial charge >= 0.3 is 11.8 Å². The third-order valence-corrected chi connectivity index (χ3v) is 3.90. The summed E-state index contributed by atoms with van der Waals surface area (Å²) in [6, 6.07) is 8.83. The first-order chi connectivity index (χ1) is 13.4. The van der Waals surface area contributed by atoms with Crippen LogP contribution >= 0.6 is 0 Å². The van der Waals surface area contributed by atoms with Crippen LogP contribution in [0.1, 0.15) is 16.7 Å². The van der Waals surface area contributed by atoms with Crippen molar-refractivity contribution >= 4 is 23.7 Å². The minimum Gasteiger partial charge on any atom is -0.493 e. The molecule has 0 fully saturated rings. The zero-order valence-electron chi connectivity index (χ0n) is 16.5. The van der Waals surface area contributed by atoms with E-state index in [4.69, 9.17) is 14.2 Å². The molecule has 0 aliphatic heterocycles. The zero-order chi connectivity index (χ0) is 20.7. The number of methoxy groups -OCH3 is 3. The van der Waals surface area contributed by atoms with Crippen molar-refractivity contribution in [1.82, 2.24) is 5.43 Å². The number of nitrogens with one attached hydrogen (secondary N) is 2. The first-order valence-corrected chi connectivity index (χ1v) is 8.41. The van der Waals surface area contributed by atoms with E-state index in [0.717, 1.165) is 11.1 Å². The van der Waals surface area contributed by atoms with E-state index in [0.29, 0.717) is 28.5 Å². The summed E-state index contributed by atoms with van der Waals surface area (Å²) in [4.78, 5) is 24.0. The van der Waals surface area contributed by atoms with Crippen molar-refractivity contribution in [2.75, 3.05) is 26.6 Å². The molecular weight excluding hydrogens is 362 g/mol. The highest BCUT2D eigenvalue weighted by molar-refractivity contribution is 6.39. The smallest absolute Gasteiger partial charge is 0.329 e. The molecule has 0 aromatic heterocycles. The van der Waals surface area contributed by atoms with Crippen LogP contribution in [0, 0.1) is 13.8 Å². The summed E-state index contributed by atoms with van der Waals surface area (Å²) >= 11 is 0. The molecule has 28 heavy (non-hydrogen) atoms. The predicted octanol–water partition coefficient (Wildman–Crippen LogP) is 2.42. The van der Waals surface area contributed by atoms with Gasteiger partial charge in [0.05, 0.1) is 27.5 Å². The molecule has 0 aliphatic rings. The molecular formula is C20H23N3O5. The van der Waals surface area contributed by atoms with Gasteiger partial charge in [0.15, 0.2) is 11.5 Å².